The molecule has 2 unspecified atom stereocenters. The van der Waals surface area contributed by atoms with Crippen LogP contribution in [0.1, 0.15) is 336 Å². The second kappa shape index (κ2) is 75.0. The summed E-state index contributed by atoms with van der Waals surface area (Å²) in [7, 11) is -9.99. The molecule has 0 spiro atoms. The predicted molar refractivity (Wildman–Crippen MR) is 418 cm³/mol. The molecule has 0 saturated carbocycles. The number of hydrogen-bond acceptors (Lipinski definition) is 15. The van der Waals surface area contributed by atoms with E-state index in [-0.39, 0.29) is 25.7 Å². The van der Waals surface area contributed by atoms with Crippen LogP contribution in [0.3, 0.4) is 0 Å². The molecule has 0 saturated heterocycles. The normalized spacial score (nSPS) is 14.5. The molecule has 0 aromatic rings. The third kappa shape index (κ3) is 74.0. The summed E-state index contributed by atoms with van der Waals surface area (Å²) in [6.45, 7) is 4.71. The second-order valence-electron chi connectivity index (χ2n) is 26.7. The first kappa shape index (κ1) is 97.7. The quantitative estimate of drug-likeness (QED) is 0.0169. The summed E-state index contributed by atoms with van der Waals surface area (Å²) in [6.07, 6.45) is 80.8. The standard InChI is InChI=1S/C83H144O17P2/c1-5-9-13-17-21-25-29-33-36-38-41-45-48-52-56-60-64-68-81(86)94-73-78(99-82(87)69-65-61-57-53-49-43-32-28-24-20-16-12-8-4)75-97-101(89,90)95-71-77(84)72-96-102(91,92)98-76-79(74-93-80(85)67-63-59-55-51-47-44-40-35-31-27-23-19-15-11-7-3)100-83(88)70-66-62-58-54-50-46-42-39-37-34-30-26-22-18-14-10-6-2/h21-22,25-26,33-37,40-42,45-46,52,54,56,58,77-79,84H,5-20,23-24,27-32,38-39,43-44,47-51,53,55,57,59-76H2,1-4H3,(H,89,90)(H,91,92)/b25-21-,26-22-,36-33-,37-34-,40-35-,45-41-,46-42-,56-52-,58-54-/t77-,78-,79-/m1/s1. The zero-order valence-electron chi connectivity index (χ0n) is 64.3. The molecular formula is C83H144O17P2. The van der Waals surface area contributed by atoms with E-state index in [2.05, 4.69) is 113 Å². The Kier molecular flexibility index (Phi) is 71.8. The third-order valence-electron chi connectivity index (χ3n) is 16.7. The van der Waals surface area contributed by atoms with Gasteiger partial charge < -0.3 is 33.8 Å². The zero-order chi connectivity index (χ0) is 74.6. The van der Waals surface area contributed by atoms with Gasteiger partial charge in [-0.2, -0.15) is 0 Å². The van der Waals surface area contributed by atoms with Crippen molar-refractivity contribution in [2.75, 3.05) is 39.6 Å². The van der Waals surface area contributed by atoms with Gasteiger partial charge in [0.25, 0.3) is 0 Å². The molecule has 0 aromatic heterocycles. The first-order valence-electron chi connectivity index (χ1n) is 40.1. The highest BCUT2D eigenvalue weighted by Gasteiger charge is 2.30. The fourth-order valence-corrected chi connectivity index (χ4v) is 12.1. The van der Waals surface area contributed by atoms with Crippen molar-refractivity contribution in [3.8, 4) is 0 Å². The van der Waals surface area contributed by atoms with Gasteiger partial charge in [-0.25, -0.2) is 9.13 Å². The number of hydrogen-bond donors (Lipinski definition) is 3. The van der Waals surface area contributed by atoms with E-state index in [0.29, 0.717) is 38.5 Å². The SMILES string of the molecule is CCCCC/C=C\C/C=C\C/C=C\C/C=C\CCCC(=O)OC[C@H](COP(=O)(O)OC[C@@H](O)COP(=O)(O)OC[C@@H](COC(=O)CCCCCCC/C=C\CCCCCCCC)OC(=O)CCC/C=C\C/C=C\C/C=C\C/C=C\CCCCC)OC(=O)CCCCCCCCCCCCCCC. The number of allylic oxidation sites excluding steroid dienone is 18. The minimum atomic E-state index is -5.00. The van der Waals surface area contributed by atoms with Crippen LogP contribution < -0.4 is 0 Å². The Balaban J connectivity index is 5.44. The number of unbranched alkanes of at least 4 members (excludes halogenated alkanes) is 31. The first-order valence-corrected chi connectivity index (χ1v) is 43.1. The number of carbonyl (C=O) groups is 4. The number of aliphatic hydroxyl groups is 1. The molecule has 0 aliphatic carbocycles. The van der Waals surface area contributed by atoms with Gasteiger partial charge >= 0.3 is 39.5 Å². The number of ether oxygens (including phenoxy) is 4. The van der Waals surface area contributed by atoms with E-state index in [1.807, 2.05) is 24.3 Å². The van der Waals surface area contributed by atoms with E-state index in [4.69, 9.17) is 37.0 Å². The van der Waals surface area contributed by atoms with E-state index >= 15 is 0 Å². The monoisotopic (exact) mass is 1470 g/mol. The maximum atomic E-state index is 13.1. The molecule has 0 aliphatic heterocycles. The van der Waals surface area contributed by atoms with Crippen molar-refractivity contribution in [2.24, 2.45) is 0 Å². The highest BCUT2D eigenvalue weighted by Crippen LogP contribution is 2.45. The van der Waals surface area contributed by atoms with Crippen LogP contribution in [0.4, 0.5) is 0 Å². The van der Waals surface area contributed by atoms with Crippen LogP contribution in [0.25, 0.3) is 0 Å². The Bertz CT molecular complexity index is 2360. The van der Waals surface area contributed by atoms with Crippen molar-refractivity contribution < 1.29 is 80.2 Å². The van der Waals surface area contributed by atoms with E-state index < -0.39 is 97.5 Å². The van der Waals surface area contributed by atoms with Gasteiger partial charge in [0.15, 0.2) is 12.2 Å². The average molecular weight is 1480 g/mol. The smallest absolute Gasteiger partial charge is 0.462 e. The topological polar surface area (TPSA) is 237 Å². The summed E-state index contributed by atoms with van der Waals surface area (Å²) in [5, 5.41) is 10.6. The van der Waals surface area contributed by atoms with E-state index in [9.17, 15) is 43.2 Å². The van der Waals surface area contributed by atoms with Crippen molar-refractivity contribution >= 4 is 39.5 Å². The molecule has 17 nitrogen and oxygen atoms in total. The molecule has 19 heteroatoms. The fraction of sp³-hybridized carbons (Fsp3) is 0.735. The van der Waals surface area contributed by atoms with Crippen LogP contribution in [0.5, 0.6) is 0 Å². The van der Waals surface area contributed by atoms with E-state index in [0.717, 1.165) is 116 Å². The molecule has 0 heterocycles. The lowest BCUT2D eigenvalue weighted by Gasteiger charge is -2.21. The van der Waals surface area contributed by atoms with Gasteiger partial charge in [0.05, 0.1) is 26.4 Å². The lowest BCUT2D eigenvalue weighted by atomic mass is 10.0. The number of phosphoric ester groups is 2. The Morgan fingerprint density at radius 3 is 0.814 bits per heavy atom. The highest BCUT2D eigenvalue weighted by molar-refractivity contribution is 7.47. The first-order chi connectivity index (χ1) is 49.7. The van der Waals surface area contributed by atoms with Crippen molar-refractivity contribution in [3.63, 3.8) is 0 Å². The average Bonchev–Trinajstić information content (AvgIpc) is 0.909. The van der Waals surface area contributed by atoms with Crippen LogP contribution >= 0.6 is 15.6 Å². The fourth-order valence-electron chi connectivity index (χ4n) is 10.6. The minimum Gasteiger partial charge on any atom is -0.462 e. The molecule has 0 bridgehead atoms. The molecule has 102 heavy (non-hydrogen) atoms. The number of esters is 4. The molecule has 0 radical (unpaired) electrons. The summed E-state index contributed by atoms with van der Waals surface area (Å²) < 4.78 is 68.5. The van der Waals surface area contributed by atoms with Crippen molar-refractivity contribution in [3.05, 3.63) is 109 Å². The van der Waals surface area contributed by atoms with Gasteiger partial charge in [0.1, 0.15) is 19.3 Å². The molecule has 0 aliphatic rings. The van der Waals surface area contributed by atoms with Crippen molar-refractivity contribution in [1.82, 2.24) is 0 Å². The third-order valence-corrected chi connectivity index (χ3v) is 18.6. The Labute approximate surface area is 619 Å². The van der Waals surface area contributed by atoms with Crippen LogP contribution in [0, 0.1) is 0 Å². The summed E-state index contributed by atoms with van der Waals surface area (Å²) in [5.74, 6) is -2.30. The molecule has 0 amide bonds. The number of carbonyl (C=O) groups excluding carboxylic acids is 4. The number of rotatable bonds is 75. The maximum absolute atomic E-state index is 13.1. The van der Waals surface area contributed by atoms with Gasteiger partial charge in [-0.15, -0.1) is 0 Å². The maximum Gasteiger partial charge on any atom is 0.472 e. The second-order valence-corrected chi connectivity index (χ2v) is 29.6. The van der Waals surface area contributed by atoms with Crippen molar-refractivity contribution in [2.45, 2.75) is 354 Å². The van der Waals surface area contributed by atoms with Gasteiger partial charge in [-0.3, -0.25) is 37.3 Å². The summed E-state index contributed by atoms with van der Waals surface area (Å²) >= 11 is 0. The van der Waals surface area contributed by atoms with Crippen molar-refractivity contribution in [1.29, 1.82) is 0 Å². The Hall–Kier alpha value is -4.28. The minimum absolute atomic E-state index is 0.0162. The Morgan fingerprint density at radius 2 is 0.490 bits per heavy atom. The van der Waals surface area contributed by atoms with E-state index in [1.165, 1.54) is 128 Å². The largest absolute Gasteiger partial charge is 0.472 e. The highest BCUT2D eigenvalue weighted by atomic mass is 31.2. The van der Waals surface area contributed by atoms with Gasteiger partial charge in [-0.1, -0.05) is 291 Å². The molecule has 3 N–H and O–H groups in total. The summed E-state index contributed by atoms with van der Waals surface area (Å²) in [6, 6.07) is 0. The summed E-state index contributed by atoms with van der Waals surface area (Å²) in [4.78, 5) is 72.9. The van der Waals surface area contributed by atoms with Crippen LogP contribution in [-0.4, -0.2) is 96.7 Å². The van der Waals surface area contributed by atoms with Crippen LogP contribution in [-0.2, 0) is 65.4 Å². The molecule has 0 fully saturated rings. The zero-order valence-corrected chi connectivity index (χ0v) is 66.0. The molecule has 5 atom stereocenters. The lowest BCUT2D eigenvalue weighted by molar-refractivity contribution is -0.161. The predicted octanol–water partition coefficient (Wildman–Crippen LogP) is 23.3. The Morgan fingerprint density at radius 1 is 0.275 bits per heavy atom. The number of aliphatic hydroxyl groups excluding tert-OH is 1. The summed E-state index contributed by atoms with van der Waals surface area (Å²) in [5.41, 5.74) is 0. The van der Waals surface area contributed by atoms with E-state index in [1.54, 1.807) is 0 Å². The molecule has 588 valence electrons. The molecular weight excluding hydrogens is 1330 g/mol. The van der Waals surface area contributed by atoms with Gasteiger partial charge in [-0.05, 0) is 128 Å². The van der Waals surface area contributed by atoms with Gasteiger partial charge in [0.2, 0.25) is 0 Å². The lowest BCUT2D eigenvalue weighted by Crippen LogP contribution is -2.30. The molecule has 0 rings (SSSR count). The molecule has 0 aromatic carbocycles. The van der Waals surface area contributed by atoms with Gasteiger partial charge in [0, 0.05) is 25.7 Å². The van der Waals surface area contributed by atoms with Crippen LogP contribution in [0.15, 0.2) is 109 Å². The number of phosphoric acid groups is 2. The van der Waals surface area contributed by atoms with Crippen LogP contribution in [0.2, 0.25) is 0 Å².